The van der Waals surface area contributed by atoms with E-state index in [9.17, 15) is 9.59 Å². The molecule has 0 bridgehead atoms. The van der Waals surface area contributed by atoms with E-state index in [1.807, 2.05) is 42.5 Å². The molecule has 21 heavy (non-hydrogen) atoms. The van der Waals surface area contributed by atoms with Crippen LogP contribution in [0.15, 0.2) is 46.3 Å². The standard InChI is InChI=1S/C16H14BrNO2S/c17-14-7-6-13(21-14)11-9-15(19)18-16(20)12(11)8-10-4-2-1-3-5-10/h1-7,11-12H,8-9H2,(H,18,19,20). The van der Waals surface area contributed by atoms with Crippen LogP contribution < -0.4 is 5.32 Å². The van der Waals surface area contributed by atoms with Crippen molar-refractivity contribution < 1.29 is 9.59 Å². The molecule has 1 aromatic heterocycles. The number of benzene rings is 1. The largest absolute Gasteiger partial charge is 0.296 e. The van der Waals surface area contributed by atoms with Crippen molar-refractivity contribution >= 4 is 39.1 Å². The van der Waals surface area contributed by atoms with Gasteiger partial charge in [-0.15, -0.1) is 11.3 Å². The lowest BCUT2D eigenvalue weighted by Gasteiger charge is -2.29. The van der Waals surface area contributed by atoms with Crippen molar-refractivity contribution in [3.05, 3.63) is 56.7 Å². The molecule has 3 rings (SSSR count). The van der Waals surface area contributed by atoms with E-state index in [0.717, 1.165) is 14.2 Å². The average molecular weight is 364 g/mol. The van der Waals surface area contributed by atoms with Crippen LogP contribution in [0.2, 0.25) is 0 Å². The van der Waals surface area contributed by atoms with Crippen molar-refractivity contribution in [2.45, 2.75) is 18.8 Å². The van der Waals surface area contributed by atoms with Crippen LogP contribution in [0.4, 0.5) is 0 Å². The Morgan fingerprint density at radius 3 is 2.57 bits per heavy atom. The lowest BCUT2D eigenvalue weighted by Crippen LogP contribution is -2.45. The molecule has 0 aliphatic carbocycles. The summed E-state index contributed by atoms with van der Waals surface area (Å²) in [5, 5.41) is 2.47. The maximum absolute atomic E-state index is 12.3. The second kappa shape index (κ2) is 6.12. The number of rotatable bonds is 3. The van der Waals surface area contributed by atoms with E-state index in [1.54, 1.807) is 11.3 Å². The molecular weight excluding hydrogens is 350 g/mol. The van der Waals surface area contributed by atoms with Gasteiger partial charge in [-0.25, -0.2) is 0 Å². The van der Waals surface area contributed by atoms with E-state index in [-0.39, 0.29) is 23.7 Å². The molecule has 2 unspecified atom stereocenters. The smallest absolute Gasteiger partial charge is 0.230 e. The summed E-state index contributed by atoms with van der Waals surface area (Å²) in [5.74, 6) is -0.582. The Labute approximate surface area is 135 Å². The van der Waals surface area contributed by atoms with Gasteiger partial charge < -0.3 is 0 Å². The molecule has 2 aromatic rings. The first-order valence-electron chi connectivity index (χ1n) is 6.76. The van der Waals surface area contributed by atoms with Gasteiger partial charge in [0.25, 0.3) is 0 Å². The number of nitrogens with one attached hydrogen (secondary N) is 1. The molecule has 0 saturated carbocycles. The Bertz CT molecular complexity index is 668. The van der Waals surface area contributed by atoms with Gasteiger partial charge in [0.2, 0.25) is 11.8 Å². The number of carbonyl (C=O) groups excluding carboxylic acids is 2. The highest BCUT2D eigenvalue weighted by Crippen LogP contribution is 2.38. The minimum atomic E-state index is -0.198. The third kappa shape index (κ3) is 3.24. The normalized spacial score (nSPS) is 22.1. The molecule has 1 saturated heterocycles. The Balaban J connectivity index is 1.89. The second-order valence-corrected chi connectivity index (χ2v) is 7.66. The number of hydrogen-bond donors (Lipinski definition) is 1. The molecular formula is C16H14BrNO2S. The fourth-order valence-electron chi connectivity index (χ4n) is 2.74. The van der Waals surface area contributed by atoms with Crippen molar-refractivity contribution in [1.82, 2.24) is 5.32 Å². The molecule has 1 N–H and O–H groups in total. The van der Waals surface area contributed by atoms with Crippen molar-refractivity contribution in [2.24, 2.45) is 5.92 Å². The molecule has 2 amide bonds. The van der Waals surface area contributed by atoms with Gasteiger partial charge in [0.05, 0.1) is 9.70 Å². The highest BCUT2D eigenvalue weighted by Gasteiger charge is 2.37. The first-order valence-corrected chi connectivity index (χ1v) is 8.37. The molecule has 2 heterocycles. The summed E-state index contributed by atoms with van der Waals surface area (Å²) in [6.45, 7) is 0. The predicted octanol–water partition coefficient (Wildman–Crippen LogP) is 3.50. The van der Waals surface area contributed by atoms with E-state index in [0.29, 0.717) is 12.8 Å². The van der Waals surface area contributed by atoms with Gasteiger partial charge >= 0.3 is 0 Å². The fraction of sp³-hybridized carbons (Fsp3) is 0.250. The van der Waals surface area contributed by atoms with Crippen LogP contribution in [0.5, 0.6) is 0 Å². The highest BCUT2D eigenvalue weighted by molar-refractivity contribution is 9.11. The van der Waals surface area contributed by atoms with E-state index >= 15 is 0 Å². The average Bonchev–Trinajstić information content (AvgIpc) is 2.89. The monoisotopic (exact) mass is 363 g/mol. The molecule has 108 valence electrons. The van der Waals surface area contributed by atoms with Gasteiger partial charge in [-0.1, -0.05) is 30.3 Å². The van der Waals surface area contributed by atoms with Gasteiger partial charge in [-0.3, -0.25) is 14.9 Å². The molecule has 2 atom stereocenters. The molecule has 1 fully saturated rings. The Hall–Kier alpha value is -1.46. The Kier molecular flexibility index (Phi) is 4.22. The van der Waals surface area contributed by atoms with E-state index in [2.05, 4.69) is 21.2 Å². The van der Waals surface area contributed by atoms with Crippen molar-refractivity contribution in [1.29, 1.82) is 0 Å². The zero-order valence-corrected chi connectivity index (χ0v) is 13.6. The highest BCUT2D eigenvalue weighted by atomic mass is 79.9. The minimum absolute atomic E-state index is 0.0391. The van der Waals surface area contributed by atoms with Crippen LogP contribution in [-0.2, 0) is 16.0 Å². The number of amides is 2. The van der Waals surface area contributed by atoms with Crippen LogP contribution in [0.1, 0.15) is 22.8 Å². The second-order valence-electron chi connectivity index (χ2n) is 5.16. The Morgan fingerprint density at radius 1 is 1.14 bits per heavy atom. The molecule has 3 nitrogen and oxygen atoms in total. The number of thiophene rings is 1. The third-order valence-electron chi connectivity index (χ3n) is 3.75. The summed E-state index contributed by atoms with van der Waals surface area (Å²) >= 11 is 5.05. The number of carbonyl (C=O) groups is 2. The van der Waals surface area contributed by atoms with Crippen molar-refractivity contribution in [2.75, 3.05) is 0 Å². The zero-order valence-electron chi connectivity index (χ0n) is 11.2. The van der Waals surface area contributed by atoms with Gasteiger partial charge in [-0.2, -0.15) is 0 Å². The molecule has 0 radical (unpaired) electrons. The zero-order chi connectivity index (χ0) is 14.8. The number of imide groups is 1. The summed E-state index contributed by atoms with van der Waals surface area (Å²) in [4.78, 5) is 25.1. The van der Waals surface area contributed by atoms with E-state index < -0.39 is 0 Å². The summed E-state index contributed by atoms with van der Waals surface area (Å²) in [7, 11) is 0. The minimum Gasteiger partial charge on any atom is -0.296 e. The number of halogens is 1. The topological polar surface area (TPSA) is 46.2 Å². The van der Waals surface area contributed by atoms with Crippen molar-refractivity contribution in [3.8, 4) is 0 Å². The summed E-state index contributed by atoms with van der Waals surface area (Å²) in [6.07, 6.45) is 1.02. The lowest BCUT2D eigenvalue weighted by atomic mass is 9.80. The lowest BCUT2D eigenvalue weighted by molar-refractivity contribution is -0.137. The summed E-state index contributed by atoms with van der Waals surface area (Å²) < 4.78 is 1.02. The third-order valence-corrected chi connectivity index (χ3v) is 5.50. The number of hydrogen-bond acceptors (Lipinski definition) is 3. The van der Waals surface area contributed by atoms with Crippen LogP contribution in [0.3, 0.4) is 0 Å². The summed E-state index contributed by atoms with van der Waals surface area (Å²) in [5.41, 5.74) is 1.12. The van der Waals surface area contributed by atoms with Gasteiger partial charge in [0.15, 0.2) is 0 Å². The maximum Gasteiger partial charge on any atom is 0.230 e. The quantitative estimate of drug-likeness (QED) is 0.848. The first-order chi connectivity index (χ1) is 10.1. The first kappa shape index (κ1) is 14.5. The van der Waals surface area contributed by atoms with Crippen LogP contribution in [0, 0.1) is 5.92 Å². The van der Waals surface area contributed by atoms with Crippen molar-refractivity contribution in [3.63, 3.8) is 0 Å². The van der Waals surface area contributed by atoms with E-state index in [4.69, 9.17) is 0 Å². The molecule has 1 aromatic carbocycles. The summed E-state index contributed by atoms with van der Waals surface area (Å²) in [6, 6.07) is 13.9. The SMILES string of the molecule is O=C1CC(c2ccc(Br)s2)C(Cc2ccccc2)C(=O)N1. The van der Waals surface area contributed by atoms with Gasteiger partial charge in [-0.05, 0) is 40.0 Å². The number of piperidine rings is 1. The van der Waals surface area contributed by atoms with E-state index in [1.165, 1.54) is 0 Å². The van der Waals surface area contributed by atoms with Gasteiger partial charge in [0.1, 0.15) is 0 Å². The van der Waals surface area contributed by atoms with Crippen LogP contribution in [0.25, 0.3) is 0 Å². The molecule has 5 heteroatoms. The van der Waals surface area contributed by atoms with Gasteiger partial charge in [0, 0.05) is 17.2 Å². The van der Waals surface area contributed by atoms with Crippen LogP contribution >= 0.6 is 27.3 Å². The fourth-order valence-corrected chi connectivity index (χ4v) is 4.32. The molecule has 1 aliphatic heterocycles. The van der Waals surface area contributed by atoms with Crippen LogP contribution in [-0.4, -0.2) is 11.8 Å². The Morgan fingerprint density at radius 2 is 1.90 bits per heavy atom. The maximum atomic E-state index is 12.3. The predicted molar refractivity (Wildman–Crippen MR) is 86.2 cm³/mol. The molecule has 0 spiro atoms. The molecule has 1 aliphatic rings.